The molecule has 23 heavy (non-hydrogen) atoms. The van der Waals surface area contributed by atoms with Gasteiger partial charge >= 0.3 is 0 Å². The first-order valence-electron chi connectivity index (χ1n) is 7.11. The molecule has 6 nitrogen and oxygen atoms in total. The van der Waals surface area contributed by atoms with Crippen LogP contribution < -0.4 is 0 Å². The van der Waals surface area contributed by atoms with Crippen LogP contribution in [-0.2, 0) is 24.7 Å². The van der Waals surface area contributed by atoms with Crippen LogP contribution in [0.3, 0.4) is 0 Å². The maximum Gasteiger partial charge on any atom is 0.142 e. The molecule has 2 heterocycles. The summed E-state index contributed by atoms with van der Waals surface area (Å²) in [5.41, 5.74) is 3.46. The van der Waals surface area contributed by atoms with Crippen LogP contribution in [0.2, 0.25) is 0 Å². The van der Waals surface area contributed by atoms with Crippen molar-refractivity contribution >= 4 is 11.8 Å². The SMILES string of the molecule is Cc1ncc(CSCc2cnc(C)c(O)c2CO)c(CO)c1O. The number of aliphatic hydroxyl groups is 2. The molecular formula is C16H20N2O4S. The minimum absolute atomic E-state index is 0.0243. The minimum Gasteiger partial charge on any atom is -0.506 e. The van der Waals surface area contributed by atoms with Crippen molar-refractivity contribution in [1.82, 2.24) is 9.97 Å². The number of aliphatic hydroxyl groups excluding tert-OH is 2. The summed E-state index contributed by atoms with van der Waals surface area (Å²) in [6, 6.07) is 0. The van der Waals surface area contributed by atoms with E-state index in [0.717, 1.165) is 11.1 Å². The zero-order chi connectivity index (χ0) is 17.0. The molecule has 2 aromatic rings. The fourth-order valence-electron chi connectivity index (χ4n) is 2.24. The lowest BCUT2D eigenvalue weighted by molar-refractivity contribution is 0.273. The molecule has 2 aromatic heterocycles. The number of rotatable bonds is 6. The van der Waals surface area contributed by atoms with Gasteiger partial charge in [0.2, 0.25) is 0 Å². The number of nitrogens with zero attached hydrogens (tertiary/aromatic N) is 2. The highest BCUT2D eigenvalue weighted by molar-refractivity contribution is 7.97. The average molecular weight is 336 g/mol. The Morgan fingerprint density at radius 3 is 1.57 bits per heavy atom. The van der Waals surface area contributed by atoms with E-state index in [4.69, 9.17) is 0 Å². The van der Waals surface area contributed by atoms with Gasteiger partial charge < -0.3 is 20.4 Å². The smallest absolute Gasteiger partial charge is 0.142 e. The van der Waals surface area contributed by atoms with Crippen molar-refractivity contribution in [3.05, 3.63) is 46.0 Å². The maximum atomic E-state index is 9.94. The summed E-state index contributed by atoms with van der Waals surface area (Å²) in [5.74, 6) is 1.12. The zero-order valence-electron chi connectivity index (χ0n) is 13.1. The fourth-order valence-corrected chi connectivity index (χ4v) is 3.28. The van der Waals surface area contributed by atoms with Crippen LogP contribution >= 0.6 is 11.8 Å². The fraction of sp³-hybridized carbons (Fsp3) is 0.375. The van der Waals surface area contributed by atoms with Gasteiger partial charge in [-0.25, -0.2) is 0 Å². The van der Waals surface area contributed by atoms with Crippen molar-refractivity contribution in [3.8, 4) is 11.5 Å². The number of thioether (sulfide) groups is 1. The first-order chi connectivity index (χ1) is 11.0. The maximum absolute atomic E-state index is 9.94. The van der Waals surface area contributed by atoms with Crippen LogP contribution in [0.25, 0.3) is 0 Å². The van der Waals surface area contributed by atoms with Crippen molar-refractivity contribution in [3.63, 3.8) is 0 Å². The Kier molecular flexibility index (Phi) is 5.81. The number of hydrogen-bond acceptors (Lipinski definition) is 7. The van der Waals surface area contributed by atoms with Crippen molar-refractivity contribution in [2.24, 2.45) is 0 Å². The van der Waals surface area contributed by atoms with Crippen molar-refractivity contribution in [1.29, 1.82) is 0 Å². The summed E-state index contributed by atoms with van der Waals surface area (Å²) < 4.78 is 0. The number of aryl methyl sites for hydroxylation is 2. The van der Waals surface area contributed by atoms with Gasteiger partial charge in [-0.05, 0) is 25.0 Å². The summed E-state index contributed by atoms with van der Waals surface area (Å²) >= 11 is 1.52. The highest BCUT2D eigenvalue weighted by atomic mass is 32.2. The van der Waals surface area contributed by atoms with E-state index in [1.165, 1.54) is 11.8 Å². The minimum atomic E-state index is -0.250. The van der Waals surface area contributed by atoms with Gasteiger partial charge in [0, 0.05) is 35.0 Å². The Balaban J connectivity index is 2.12. The molecule has 0 bridgehead atoms. The Morgan fingerprint density at radius 2 is 1.22 bits per heavy atom. The van der Waals surface area contributed by atoms with Gasteiger partial charge in [0.05, 0.1) is 24.6 Å². The molecule has 7 heteroatoms. The normalized spacial score (nSPS) is 11.0. The number of pyridine rings is 2. The quantitative estimate of drug-likeness (QED) is 0.638. The van der Waals surface area contributed by atoms with Gasteiger partial charge in [0.25, 0.3) is 0 Å². The van der Waals surface area contributed by atoms with E-state index in [1.54, 1.807) is 26.2 Å². The highest BCUT2D eigenvalue weighted by Gasteiger charge is 2.13. The number of aromatic hydroxyl groups is 2. The first kappa shape index (κ1) is 17.5. The van der Waals surface area contributed by atoms with Crippen LogP contribution in [0, 0.1) is 13.8 Å². The predicted octanol–water partition coefficient (Wildman–Crippen LogP) is 1.92. The molecule has 0 spiro atoms. The van der Waals surface area contributed by atoms with Crippen LogP contribution in [-0.4, -0.2) is 30.4 Å². The molecule has 0 radical (unpaired) electrons. The molecule has 4 N–H and O–H groups in total. The molecule has 0 atom stereocenters. The Hall–Kier alpha value is -1.83. The summed E-state index contributed by atoms with van der Waals surface area (Å²) in [7, 11) is 0. The highest BCUT2D eigenvalue weighted by Crippen LogP contribution is 2.30. The molecular weight excluding hydrogens is 316 g/mol. The second-order valence-corrected chi connectivity index (χ2v) is 6.19. The summed E-state index contributed by atoms with van der Waals surface area (Å²) in [4.78, 5) is 8.21. The molecule has 0 unspecified atom stereocenters. The van der Waals surface area contributed by atoms with Crippen LogP contribution in [0.5, 0.6) is 11.5 Å². The summed E-state index contributed by atoms with van der Waals surface area (Å²) in [6.07, 6.45) is 3.29. The molecule has 0 aliphatic heterocycles. The number of hydrogen-bond donors (Lipinski definition) is 4. The molecule has 0 fully saturated rings. The predicted molar refractivity (Wildman–Crippen MR) is 88.1 cm³/mol. The largest absolute Gasteiger partial charge is 0.506 e. The van der Waals surface area contributed by atoms with Crippen molar-refractivity contribution in [2.45, 2.75) is 38.6 Å². The van der Waals surface area contributed by atoms with Gasteiger partial charge in [-0.15, -0.1) is 0 Å². The standard InChI is InChI=1S/C16H20N2O4S/c1-9-15(21)13(5-19)11(3-17-9)7-23-8-12-4-18-10(2)16(22)14(12)6-20/h3-4,19-22H,5-8H2,1-2H3. The Labute approximate surface area is 138 Å². The molecule has 0 aliphatic carbocycles. The van der Waals surface area contributed by atoms with E-state index < -0.39 is 0 Å². The second kappa shape index (κ2) is 7.63. The zero-order valence-corrected chi connectivity index (χ0v) is 13.9. The Bertz CT molecular complexity index is 647. The summed E-state index contributed by atoms with van der Waals surface area (Å²) in [5, 5.41) is 38.7. The van der Waals surface area contributed by atoms with Gasteiger partial charge in [-0.3, -0.25) is 9.97 Å². The van der Waals surface area contributed by atoms with Crippen LogP contribution in [0.1, 0.15) is 33.6 Å². The van der Waals surface area contributed by atoms with Crippen LogP contribution in [0.4, 0.5) is 0 Å². The molecule has 0 aromatic carbocycles. The monoisotopic (exact) mass is 336 g/mol. The molecule has 124 valence electrons. The van der Waals surface area contributed by atoms with Crippen molar-refractivity contribution < 1.29 is 20.4 Å². The van der Waals surface area contributed by atoms with E-state index in [2.05, 4.69) is 9.97 Å². The molecule has 0 amide bonds. The third-order valence-corrected chi connectivity index (χ3v) is 4.72. The summed E-state index contributed by atoms with van der Waals surface area (Å²) in [6.45, 7) is 2.86. The van der Waals surface area contributed by atoms with E-state index in [-0.39, 0.29) is 24.7 Å². The lowest BCUT2D eigenvalue weighted by atomic mass is 10.1. The lowest BCUT2D eigenvalue weighted by Gasteiger charge is -2.12. The average Bonchev–Trinajstić information content (AvgIpc) is 2.54. The molecule has 2 rings (SSSR count). The van der Waals surface area contributed by atoms with Crippen LogP contribution in [0.15, 0.2) is 12.4 Å². The van der Waals surface area contributed by atoms with E-state index in [1.807, 2.05) is 0 Å². The lowest BCUT2D eigenvalue weighted by Crippen LogP contribution is -2.00. The second-order valence-electron chi connectivity index (χ2n) is 5.20. The molecule has 0 saturated carbocycles. The number of aromatic nitrogens is 2. The first-order valence-corrected chi connectivity index (χ1v) is 8.27. The van der Waals surface area contributed by atoms with E-state index >= 15 is 0 Å². The van der Waals surface area contributed by atoms with Gasteiger partial charge in [-0.2, -0.15) is 11.8 Å². The molecule has 0 saturated heterocycles. The third-order valence-electron chi connectivity index (χ3n) is 3.69. The van der Waals surface area contributed by atoms with Gasteiger partial charge in [-0.1, -0.05) is 0 Å². The Morgan fingerprint density at radius 1 is 0.826 bits per heavy atom. The molecule has 0 aliphatic rings. The third kappa shape index (κ3) is 3.74. The van der Waals surface area contributed by atoms with Gasteiger partial charge in [0.15, 0.2) is 0 Å². The van der Waals surface area contributed by atoms with E-state index in [9.17, 15) is 20.4 Å². The van der Waals surface area contributed by atoms with E-state index in [0.29, 0.717) is 34.0 Å². The van der Waals surface area contributed by atoms with Crippen molar-refractivity contribution in [2.75, 3.05) is 0 Å². The topological polar surface area (TPSA) is 107 Å². The van der Waals surface area contributed by atoms with Gasteiger partial charge in [0.1, 0.15) is 11.5 Å².